The molecule has 3 atom stereocenters. The highest BCUT2D eigenvalue weighted by molar-refractivity contribution is 5.79. The molecule has 7 nitrogen and oxygen atoms in total. The Morgan fingerprint density at radius 3 is 2.73 bits per heavy atom. The second-order valence-corrected chi connectivity index (χ2v) is 9.06. The number of nitrogens with one attached hydrogen (secondary N) is 1. The third kappa shape index (κ3) is 3.98. The Balaban J connectivity index is 1.44. The molecule has 1 aromatic heterocycles. The van der Waals surface area contributed by atoms with Crippen molar-refractivity contribution in [2.45, 2.75) is 57.9 Å². The maximum absolute atomic E-state index is 12.6. The van der Waals surface area contributed by atoms with Crippen molar-refractivity contribution in [3.05, 3.63) is 47.6 Å². The molecule has 1 saturated carbocycles. The van der Waals surface area contributed by atoms with Gasteiger partial charge >= 0.3 is 0 Å². The summed E-state index contributed by atoms with van der Waals surface area (Å²) >= 11 is 0. The van der Waals surface area contributed by atoms with E-state index in [4.69, 9.17) is 4.52 Å². The predicted molar refractivity (Wildman–Crippen MR) is 112 cm³/mol. The summed E-state index contributed by atoms with van der Waals surface area (Å²) in [6.45, 7) is 6.91. The van der Waals surface area contributed by atoms with Crippen LogP contribution in [0.25, 0.3) is 0 Å². The van der Waals surface area contributed by atoms with Gasteiger partial charge in [-0.1, -0.05) is 49.3 Å². The Labute approximate surface area is 177 Å². The molecule has 2 heterocycles. The lowest BCUT2D eigenvalue weighted by molar-refractivity contribution is -0.134. The Bertz CT molecular complexity index is 910. The summed E-state index contributed by atoms with van der Waals surface area (Å²) < 4.78 is 5.59. The number of carbonyl (C=O) groups is 2. The summed E-state index contributed by atoms with van der Waals surface area (Å²) in [4.78, 5) is 31.7. The topological polar surface area (TPSA) is 88.3 Å². The van der Waals surface area contributed by atoms with E-state index < -0.39 is 0 Å². The van der Waals surface area contributed by atoms with Crippen molar-refractivity contribution in [3.8, 4) is 0 Å². The molecule has 1 aromatic carbocycles. The molecule has 1 aliphatic heterocycles. The molecular weight excluding hydrogens is 380 g/mol. The SMILES string of the molecule is Cc1noc([C@]23C[C@H](NC(=O)CCc4ccccc4)CC2CN(C(=O)C(C)C)C3)n1. The number of carbonyl (C=O) groups excluding carboxylic acids is 2. The van der Waals surface area contributed by atoms with Gasteiger partial charge in [-0.25, -0.2) is 0 Å². The number of aromatic nitrogens is 2. The number of amides is 2. The maximum Gasteiger partial charge on any atom is 0.235 e. The van der Waals surface area contributed by atoms with Crippen LogP contribution < -0.4 is 5.32 Å². The van der Waals surface area contributed by atoms with Crippen molar-refractivity contribution < 1.29 is 14.1 Å². The molecule has 160 valence electrons. The molecular formula is C23H30N4O3. The van der Waals surface area contributed by atoms with Crippen molar-refractivity contribution in [1.82, 2.24) is 20.4 Å². The minimum absolute atomic E-state index is 0.0428. The summed E-state index contributed by atoms with van der Waals surface area (Å²) in [5.74, 6) is 1.59. The minimum Gasteiger partial charge on any atom is -0.353 e. The quantitative estimate of drug-likeness (QED) is 0.791. The normalized spacial score (nSPS) is 25.5. The number of nitrogens with zero attached hydrogens (tertiary/aromatic N) is 3. The lowest BCUT2D eigenvalue weighted by Gasteiger charge is -2.26. The zero-order valence-corrected chi connectivity index (χ0v) is 17.9. The fourth-order valence-electron chi connectivity index (χ4n) is 5.05. The van der Waals surface area contributed by atoms with Crippen LogP contribution in [-0.2, 0) is 21.4 Å². The monoisotopic (exact) mass is 410 g/mol. The van der Waals surface area contributed by atoms with Crippen molar-refractivity contribution in [2.24, 2.45) is 11.8 Å². The van der Waals surface area contributed by atoms with Gasteiger partial charge in [0.1, 0.15) is 0 Å². The molecule has 2 fully saturated rings. The molecule has 30 heavy (non-hydrogen) atoms. The van der Waals surface area contributed by atoms with Gasteiger partial charge < -0.3 is 14.7 Å². The highest BCUT2D eigenvalue weighted by Crippen LogP contribution is 2.50. The minimum atomic E-state index is -0.372. The van der Waals surface area contributed by atoms with E-state index in [1.54, 1.807) is 0 Å². The summed E-state index contributed by atoms with van der Waals surface area (Å²) in [5, 5.41) is 7.21. The maximum atomic E-state index is 12.6. The first-order valence-electron chi connectivity index (χ1n) is 10.8. The van der Waals surface area contributed by atoms with Crippen LogP contribution in [0.4, 0.5) is 0 Å². The molecule has 2 aromatic rings. The van der Waals surface area contributed by atoms with E-state index in [-0.39, 0.29) is 35.1 Å². The van der Waals surface area contributed by atoms with Gasteiger partial charge in [-0.3, -0.25) is 9.59 Å². The Morgan fingerprint density at radius 1 is 1.30 bits per heavy atom. The number of rotatable bonds is 6. The Kier molecular flexibility index (Phi) is 5.62. The second kappa shape index (κ2) is 8.20. The molecule has 2 amide bonds. The predicted octanol–water partition coefficient (Wildman–Crippen LogP) is 2.64. The highest BCUT2D eigenvalue weighted by atomic mass is 16.5. The van der Waals surface area contributed by atoms with Crippen molar-refractivity contribution in [2.75, 3.05) is 13.1 Å². The number of fused-ring (bicyclic) bond motifs is 1. The molecule has 0 radical (unpaired) electrons. The van der Waals surface area contributed by atoms with Gasteiger partial charge in [-0.2, -0.15) is 4.98 Å². The third-order valence-electron chi connectivity index (χ3n) is 6.48. The van der Waals surface area contributed by atoms with Crippen molar-refractivity contribution in [1.29, 1.82) is 0 Å². The largest absolute Gasteiger partial charge is 0.353 e. The molecule has 0 spiro atoms. The van der Waals surface area contributed by atoms with Crippen molar-refractivity contribution in [3.63, 3.8) is 0 Å². The lowest BCUT2D eigenvalue weighted by atomic mass is 9.80. The number of aryl methyl sites for hydroxylation is 2. The molecule has 1 saturated heterocycles. The van der Waals surface area contributed by atoms with Gasteiger partial charge in [-0.15, -0.1) is 0 Å². The van der Waals surface area contributed by atoms with Gasteiger partial charge in [0.15, 0.2) is 5.82 Å². The van der Waals surface area contributed by atoms with E-state index in [1.807, 2.05) is 56.0 Å². The average Bonchev–Trinajstić information content (AvgIpc) is 3.39. The Hall–Kier alpha value is -2.70. The molecule has 1 N–H and O–H groups in total. The number of hydrogen-bond donors (Lipinski definition) is 1. The van der Waals surface area contributed by atoms with Crippen LogP contribution in [0.15, 0.2) is 34.9 Å². The smallest absolute Gasteiger partial charge is 0.235 e. The molecule has 2 aliphatic rings. The van der Waals surface area contributed by atoms with Crippen LogP contribution in [0.5, 0.6) is 0 Å². The van der Waals surface area contributed by atoms with E-state index in [0.29, 0.717) is 31.2 Å². The van der Waals surface area contributed by atoms with Gasteiger partial charge in [0.05, 0.1) is 5.41 Å². The summed E-state index contributed by atoms with van der Waals surface area (Å²) in [6.07, 6.45) is 2.74. The van der Waals surface area contributed by atoms with E-state index in [2.05, 4.69) is 15.5 Å². The summed E-state index contributed by atoms with van der Waals surface area (Å²) in [5.41, 5.74) is 0.792. The summed E-state index contributed by atoms with van der Waals surface area (Å²) in [6, 6.07) is 10.1. The van der Waals surface area contributed by atoms with Crippen LogP contribution in [0.2, 0.25) is 0 Å². The zero-order valence-electron chi connectivity index (χ0n) is 17.9. The fourth-order valence-corrected chi connectivity index (χ4v) is 5.05. The first-order valence-corrected chi connectivity index (χ1v) is 10.8. The molecule has 1 unspecified atom stereocenters. The molecule has 0 bridgehead atoms. The molecule has 1 aliphatic carbocycles. The lowest BCUT2D eigenvalue weighted by Crippen LogP contribution is -2.40. The van der Waals surface area contributed by atoms with E-state index in [9.17, 15) is 9.59 Å². The van der Waals surface area contributed by atoms with E-state index in [0.717, 1.165) is 24.8 Å². The number of likely N-dealkylation sites (tertiary alicyclic amines) is 1. The van der Waals surface area contributed by atoms with Crippen molar-refractivity contribution >= 4 is 11.8 Å². The van der Waals surface area contributed by atoms with Gasteiger partial charge in [0, 0.05) is 31.5 Å². The number of benzene rings is 1. The second-order valence-electron chi connectivity index (χ2n) is 9.06. The standard InChI is InChI=1S/C23H30N4O3/c1-15(2)21(29)27-13-18-11-19(12-23(18,14-27)22-24-16(3)26-30-22)25-20(28)10-9-17-7-5-4-6-8-17/h4-8,15,18-19H,9-14H2,1-3H3,(H,25,28)/t18?,19-,23+/m1/s1. The number of hydrogen-bond acceptors (Lipinski definition) is 5. The van der Waals surface area contributed by atoms with Crippen LogP contribution in [-0.4, -0.2) is 46.0 Å². The first kappa shape index (κ1) is 20.6. The van der Waals surface area contributed by atoms with Gasteiger partial charge in [0.25, 0.3) is 0 Å². The summed E-state index contributed by atoms with van der Waals surface area (Å²) in [7, 11) is 0. The van der Waals surface area contributed by atoms with Crippen LogP contribution in [0, 0.1) is 18.8 Å². The average molecular weight is 411 g/mol. The van der Waals surface area contributed by atoms with E-state index in [1.165, 1.54) is 0 Å². The first-order chi connectivity index (χ1) is 14.4. The van der Waals surface area contributed by atoms with Crippen LogP contribution in [0.3, 0.4) is 0 Å². The van der Waals surface area contributed by atoms with E-state index >= 15 is 0 Å². The van der Waals surface area contributed by atoms with Crippen LogP contribution >= 0.6 is 0 Å². The fraction of sp³-hybridized carbons (Fsp3) is 0.565. The van der Waals surface area contributed by atoms with Crippen LogP contribution in [0.1, 0.15) is 50.4 Å². The van der Waals surface area contributed by atoms with Gasteiger partial charge in [0.2, 0.25) is 17.7 Å². The molecule has 7 heteroatoms. The zero-order chi connectivity index (χ0) is 21.3. The Morgan fingerprint density at radius 2 is 2.07 bits per heavy atom. The molecule has 4 rings (SSSR count). The third-order valence-corrected chi connectivity index (χ3v) is 6.48. The van der Waals surface area contributed by atoms with Gasteiger partial charge in [-0.05, 0) is 37.7 Å². The highest BCUT2D eigenvalue weighted by Gasteiger charge is 2.58.